The maximum Gasteiger partial charge on any atom is 0.416 e. The minimum absolute atomic E-state index is 0.0613. The minimum atomic E-state index is -4.41. The Balaban J connectivity index is 1.04. The highest BCUT2D eigenvalue weighted by molar-refractivity contribution is 8.04. The summed E-state index contributed by atoms with van der Waals surface area (Å²) < 4.78 is 40.4. The van der Waals surface area contributed by atoms with Gasteiger partial charge in [-0.3, -0.25) is 14.0 Å². The van der Waals surface area contributed by atoms with E-state index in [1.807, 2.05) is 32.2 Å². The normalized spacial score (nSPS) is 16.2. The molecule has 206 valence electrons. The number of nitrogens with zero attached hydrogens (tertiary/aromatic N) is 3. The van der Waals surface area contributed by atoms with E-state index in [0.29, 0.717) is 30.5 Å². The van der Waals surface area contributed by atoms with Crippen LogP contribution in [0.2, 0.25) is 0 Å². The van der Waals surface area contributed by atoms with Crippen molar-refractivity contribution in [2.45, 2.75) is 57.2 Å². The monoisotopic (exact) mass is 556 g/mol. The molecule has 0 saturated carbocycles. The minimum Gasteiger partial charge on any atom is -0.352 e. The van der Waals surface area contributed by atoms with Crippen molar-refractivity contribution in [3.63, 3.8) is 0 Å². The van der Waals surface area contributed by atoms with E-state index in [4.69, 9.17) is 0 Å². The van der Waals surface area contributed by atoms with Crippen LogP contribution in [0.4, 0.5) is 13.2 Å². The van der Waals surface area contributed by atoms with Gasteiger partial charge in [-0.15, -0.1) is 0 Å². The summed E-state index contributed by atoms with van der Waals surface area (Å²) in [4.78, 5) is 32.6. The Morgan fingerprint density at radius 2 is 1.77 bits per heavy atom. The van der Waals surface area contributed by atoms with Gasteiger partial charge in [-0.1, -0.05) is 30.7 Å². The number of hydrogen-bond acceptors (Lipinski definition) is 4. The van der Waals surface area contributed by atoms with Crippen molar-refractivity contribution in [2.24, 2.45) is 5.92 Å². The number of alkyl halides is 3. The van der Waals surface area contributed by atoms with Crippen LogP contribution >= 0.6 is 11.8 Å². The second-order valence-electron chi connectivity index (χ2n) is 10.3. The second kappa shape index (κ2) is 11.1. The number of aromatic nitrogens is 2. The number of imidazole rings is 1. The average Bonchev–Trinajstić information content (AvgIpc) is 3.38. The van der Waals surface area contributed by atoms with Crippen molar-refractivity contribution < 1.29 is 22.8 Å². The number of carbonyl (C=O) groups is 2. The molecule has 3 aromatic rings. The van der Waals surface area contributed by atoms with Gasteiger partial charge in [0.15, 0.2) is 0 Å². The van der Waals surface area contributed by atoms with E-state index in [-0.39, 0.29) is 17.4 Å². The average molecular weight is 557 g/mol. The number of halogens is 3. The maximum atomic E-state index is 13.0. The Kier molecular flexibility index (Phi) is 7.75. The molecule has 0 spiro atoms. The zero-order valence-corrected chi connectivity index (χ0v) is 22.8. The molecule has 2 amide bonds. The van der Waals surface area contributed by atoms with Gasteiger partial charge in [0.25, 0.3) is 11.8 Å². The molecular formula is C29H31F3N4O2S. The van der Waals surface area contributed by atoms with E-state index in [2.05, 4.69) is 14.7 Å². The van der Waals surface area contributed by atoms with Gasteiger partial charge in [-0.2, -0.15) is 13.2 Å². The highest BCUT2D eigenvalue weighted by Crippen LogP contribution is 2.39. The van der Waals surface area contributed by atoms with E-state index < -0.39 is 11.7 Å². The molecule has 1 fully saturated rings. The molecule has 2 aliphatic rings. The largest absolute Gasteiger partial charge is 0.416 e. The molecule has 1 N–H and O–H groups in total. The number of rotatable bonds is 7. The zero-order chi connectivity index (χ0) is 27.7. The topological polar surface area (TPSA) is 66.7 Å². The molecule has 5 rings (SSSR count). The van der Waals surface area contributed by atoms with Crippen molar-refractivity contribution in [3.8, 4) is 0 Å². The number of carbonyl (C=O) groups excluding carboxylic acids is 2. The van der Waals surface area contributed by atoms with Gasteiger partial charge in [0.1, 0.15) is 5.65 Å². The highest BCUT2D eigenvalue weighted by Gasteiger charge is 2.31. The fraction of sp³-hybridized carbons (Fsp3) is 0.414. The van der Waals surface area contributed by atoms with Crippen LogP contribution in [0, 0.1) is 12.8 Å². The summed E-state index contributed by atoms with van der Waals surface area (Å²) in [5, 5.41) is 4.06. The number of thioether (sulfide) groups is 1. The Morgan fingerprint density at radius 1 is 1.05 bits per heavy atom. The van der Waals surface area contributed by atoms with Crippen molar-refractivity contribution in [1.29, 1.82) is 0 Å². The number of likely N-dealkylation sites (tertiary alicyclic amines) is 1. The third-order valence-corrected chi connectivity index (χ3v) is 8.86. The lowest BCUT2D eigenvalue weighted by Crippen LogP contribution is -2.38. The lowest BCUT2D eigenvalue weighted by atomic mass is 9.91. The van der Waals surface area contributed by atoms with Crippen molar-refractivity contribution in [1.82, 2.24) is 19.6 Å². The number of benzene rings is 1. The number of allylic oxidation sites excluding steroid dienone is 1. The van der Waals surface area contributed by atoms with E-state index >= 15 is 0 Å². The summed E-state index contributed by atoms with van der Waals surface area (Å²) in [7, 11) is 0. The highest BCUT2D eigenvalue weighted by atomic mass is 32.2. The molecule has 2 aliphatic heterocycles. The molecule has 2 aromatic heterocycles. The fourth-order valence-corrected chi connectivity index (χ4v) is 6.35. The first-order chi connectivity index (χ1) is 18.6. The molecule has 0 unspecified atom stereocenters. The lowest BCUT2D eigenvalue weighted by Gasteiger charge is -2.32. The third-order valence-electron chi connectivity index (χ3n) is 7.63. The van der Waals surface area contributed by atoms with Crippen LogP contribution in [0.25, 0.3) is 11.2 Å². The quantitative estimate of drug-likeness (QED) is 0.345. The van der Waals surface area contributed by atoms with E-state index in [1.165, 1.54) is 23.9 Å². The van der Waals surface area contributed by atoms with E-state index in [1.54, 1.807) is 4.90 Å². The first-order valence-corrected chi connectivity index (χ1v) is 14.1. The molecule has 0 atom stereocenters. The van der Waals surface area contributed by atoms with Crippen LogP contribution in [-0.2, 0) is 11.0 Å². The van der Waals surface area contributed by atoms with Crippen LogP contribution < -0.4 is 5.32 Å². The van der Waals surface area contributed by atoms with Crippen LogP contribution in [-0.4, -0.2) is 45.7 Å². The van der Waals surface area contributed by atoms with Gasteiger partial charge < -0.3 is 10.2 Å². The Labute approximate surface area is 229 Å². The van der Waals surface area contributed by atoms with Gasteiger partial charge in [0.05, 0.1) is 27.4 Å². The van der Waals surface area contributed by atoms with Gasteiger partial charge in [0.2, 0.25) is 0 Å². The molecule has 4 heterocycles. The van der Waals surface area contributed by atoms with Crippen LogP contribution in [0.3, 0.4) is 0 Å². The predicted molar refractivity (Wildman–Crippen MR) is 145 cm³/mol. The van der Waals surface area contributed by atoms with E-state index in [9.17, 15) is 22.8 Å². The zero-order valence-electron chi connectivity index (χ0n) is 22.0. The molecule has 0 aliphatic carbocycles. The summed E-state index contributed by atoms with van der Waals surface area (Å²) in [5.41, 5.74) is 3.44. The van der Waals surface area contributed by atoms with Gasteiger partial charge in [-0.25, -0.2) is 4.98 Å². The summed E-state index contributed by atoms with van der Waals surface area (Å²) >= 11 is 1.48. The summed E-state index contributed by atoms with van der Waals surface area (Å²) in [6.45, 7) is 5.81. The molecular weight excluding hydrogens is 525 g/mol. The Hall–Kier alpha value is -3.27. The maximum absolute atomic E-state index is 13.0. The molecule has 0 radical (unpaired) electrons. The molecule has 1 aromatic carbocycles. The molecule has 0 bridgehead atoms. The van der Waals surface area contributed by atoms with Crippen LogP contribution in [0.5, 0.6) is 0 Å². The number of unbranched alkanes of at least 4 members (excludes halogenated alkanes) is 1. The second-order valence-corrected chi connectivity index (χ2v) is 11.3. The SMILES string of the molecule is CC1=C(C(=O)NCCCCC2CCN(C(=O)c3ccc(C(F)(F)F)cc3)CC2)Sc2ccc(C)c3ncc1n23. The number of piperidine rings is 1. The Bertz CT molecular complexity index is 1420. The summed E-state index contributed by atoms with van der Waals surface area (Å²) in [6.07, 6.45) is 2.05. The summed E-state index contributed by atoms with van der Waals surface area (Å²) in [5.74, 6) is 0.221. The third kappa shape index (κ3) is 5.71. The number of amides is 2. The fourth-order valence-electron chi connectivity index (χ4n) is 5.31. The predicted octanol–water partition coefficient (Wildman–Crippen LogP) is 6.34. The van der Waals surface area contributed by atoms with Crippen molar-refractivity contribution in [3.05, 3.63) is 69.9 Å². The number of aryl methyl sites for hydroxylation is 1. The molecule has 39 heavy (non-hydrogen) atoms. The van der Waals surface area contributed by atoms with Crippen molar-refractivity contribution in [2.75, 3.05) is 19.6 Å². The van der Waals surface area contributed by atoms with Gasteiger partial charge >= 0.3 is 6.18 Å². The van der Waals surface area contributed by atoms with Gasteiger partial charge in [0, 0.05) is 25.2 Å². The van der Waals surface area contributed by atoms with Crippen LogP contribution in [0.15, 0.2) is 52.5 Å². The molecule has 6 nitrogen and oxygen atoms in total. The number of pyridine rings is 1. The smallest absolute Gasteiger partial charge is 0.352 e. The van der Waals surface area contributed by atoms with Crippen molar-refractivity contribution >= 4 is 34.8 Å². The number of hydrogen-bond donors (Lipinski definition) is 1. The van der Waals surface area contributed by atoms with Crippen LogP contribution in [0.1, 0.15) is 66.2 Å². The first kappa shape index (κ1) is 27.3. The summed E-state index contributed by atoms with van der Waals surface area (Å²) in [6, 6.07) is 8.48. The van der Waals surface area contributed by atoms with Gasteiger partial charge in [-0.05, 0) is 80.5 Å². The Morgan fingerprint density at radius 3 is 2.46 bits per heavy atom. The number of nitrogens with one attached hydrogen (secondary N) is 1. The molecule has 10 heteroatoms. The molecule has 1 saturated heterocycles. The standard InChI is InChI=1S/C29H31F3N4O2S/c1-18-6-11-24-36-23(17-34-26(18)36)19(2)25(39-24)27(37)33-14-4-3-5-20-12-15-35(16-13-20)28(38)21-7-9-22(10-8-21)29(30,31)32/h6-11,17,20H,3-5,12-16H2,1-2H3,(H,33,37). The first-order valence-electron chi connectivity index (χ1n) is 13.2. The van der Waals surface area contributed by atoms with E-state index in [0.717, 1.165) is 71.7 Å². The lowest BCUT2D eigenvalue weighted by molar-refractivity contribution is -0.137.